The first-order valence-corrected chi connectivity index (χ1v) is 6.29. The average Bonchev–Trinajstić information content (AvgIpc) is 2.26. The van der Waals surface area contributed by atoms with Crippen LogP contribution in [0.2, 0.25) is 0 Å². The van der Waals surface area contributed by atoms with Crippen LogP contribution in [0, 0.1) is 0 Å². The van der Waals surface area contributed by atoms with E-state index in [1.807, 2.05) is 0 Å². The smallest absolute Gasteiger partial charge is 0.419 e. The van der Waals surface area contributed by atoms with Gasteiger partial charge in [0.2, 0.25) is 0 Å². The average molecular weight is 279 g/mol. The van der Waals surface area contributed by atoms with Gasteiger partial charge in [-0.1, -0.05) is 12.1 Å². The SMILES string of the molecule is CC(c1ccc(N)cc1)N(C(N)=O)C(=O)OC(C)(C)C. The van der Waals surface area contributed by atoms with Gasteiger partial charge in [0.05, 0.1) is 6.04 Å². The van der Waals surface area contributed by atoms with Crippen LogP contribution in [0.15, 0.2) is 24.3 Å². The molecule has 110 valence electrons. The first kappa shape index (κ1) is 15.8. The van der Waals surface area contributed by atoms with Crippen molar-refractivity contribution in [2.45, 2.75) is 39.3 Å². The third kappa shape index (κ3) is 4.15. The van der Waals surface area contributed by atoms with Crippen LogP contribution < -0.4 is 11.5 Å². The zero-order valence-electron chi connectivity index (χ0n) is 12.2. The third-order valence-corrected chi connectivity index (χ3v) is 2.63. The highest BCUT2D eigenvalue weighted by Crippen LogP contribution is 2.23. The number of primary amides is 1. The van der Waals surface area contributed by atoms with Gasteiger partial charge in [0, 0.05) is 5.69 Å². The minimum Gasteiger partial charge on any atom is -0.443 e. The Morgan fingerprint density at radius 1 is 1.20 bits per heavy atom. The molecular formula is C14H21N3O3. The Balaban J connectivity index is 2.99. The molecule has 1 aromatic carbocycles. The van der Waals surface area contributed by atoms with Crippen LogP contribution in [-0.2, 0) is 4.74 Å². The number of nitrogen functional groups attached to an aromatic ring is 1. The van der Waals surface area contributed by atoms with Crippen LogP contribution in [0.4, 0.5) is 15.3 Å². The fourth-order valence-electron chi connectivity index (χ4n) is 1.67. The van der Waals surface area contributed by atoms with E-state index in [4.69, 9.17) is 16.2 Å². The second-order valence-corrected chi connectivity index (χ2v) is 5.53. The van der Waals surface area contributed by atoms with Crippen LogP contribution in [0.25, 0.3) is 0 Å². The number of nitrogens with zero attached hydrogens (tertiary/aromatic N) is 1. The Morgan fingerprint density at radius 3 is 2.10 bits per heavy atom. The lowest BCUT2D eigenvalue weighted by atomic mass is 10.1. The van der Waals surface area contributed by atoms with E-state index in [2.05, 4.69) is 0 Å². The lowest BCUT2D eigenvalue weighted by molar-refractivity contribution is 0.0272. The van der Waals surface area contributed by atoms with Crippen molar-refractivity contribution in [1.29, 1.82) is 0 Å². The fourth-order valence-corrected chi connectivity index (χ4v) is 1.67. The normalized spacial score (nSPS) is 12.6. The van der Waals surface area contributed by atoms with Crippen molar-refractivity contribution in [3.63, 3.8) is 0 Å². The molecule has 1 aromatic rings. The van der Waals surface area contributed by atoms with Gasteiger partial charge in [-0.05, 0) is 45.4 Å². The molecule has 0 aliphatic rings. The molecule has 0 heterocycles. The van der Waals surface area contributed by atoms with E-state index in [1.54, 1.807) is 52.0 Å². The Kier molecular flexibility index (Phi) is 4.60. The minimum atomic E-state index is -0.858. The number of nitrogens with two attached hydrogens (primary N) is 2. The molecule has 6 nitrogen and oxygen atoms in total. The van der Waals surface area contributed by atoms with Gasteiger partial charge in [0.25, 0.3) is 0 Å². The molecule has 0 radical (unpaired) electrons. The molecular weight excluding hydrogens is 258 g/mol. The molecule has 0 aromatic heterocycles. The Bertz CT molecular complexity index is 491. The maximum Gasteiger partial charge on any atom is 0.419 e. The fraction of sp³-hybridized carbons (Fsp3) is 0.429. The van der Waals surface area contributed by atoms with Crippen LogP contribution in [0.3, 0.4) is 0 Å². The number of carbonyl (C=O) groups is 2. The van der Waals surface area contributed by atoms with Crippen LogP contribution >= 0.6 is 0 Å². The zero-order valence-corrected chi connectivity index (χ0v) is 12.2. The quantitative estimate of drug-likeness (QED) is 0.813. The summed E-state index contributed by atoms with van der Waals surface area (Å²) in [5, 5.41) is 0. The number of urea groups is 1. The number of ether oxygens (including phenoxy) is 1. The van der Waals surface area contributed by atoms with Crippen LogP contribution in [0.5, 0.6) is 0 Å². The van der Waals surface area contributed by atoms with Crippen molar-refractivity contribution in [1.82, 2.24) is 4.90 Å². The molecule has 6 heteroatoms. The Labute approximate surface area is 118 Å². The number of benzene rings is 1. The lowest BCUT2D eigenvalue weighted by Gasteiger charge is -2.29. The first-order chi connectivity index (χ1) is 9.11. The van der Waals surface area contributed by atoms with Gasteiger partial charge in [0.1, 0.15) is 5.60 Å². The summed E-state index contributed by atoms with van der Waals surface area (Å²) in [4.78, 5) is 24.5. The largest absolute Gasteiger partial charge is 0.443 e. The number of rotatable bonds is 2. The minimum absolute atomic E-state index is 0.539. The number of amides is 3. The lowest BCUT2D eigenvalue weighted by Crippen LogP contribution is -2.45. The number of carbonyl (C=O) groups excluding carboxylic acids is 2. The summed E-state index contributed by atoms with van der Waals surface area (Å²) in [6, 6.07) is 5.47. The Morgan fingerprint density at radius 2 is 1.70 bits per heavy atom. The highest BCUT2D eigenvalue weighted by Gasteiger charge is 2.30. The summed E-state index contributed by atoms with van der Waals surface area (Å²) in [6.07, 6.45) is -0.769. The summed E-state index contributed by atoms with van der Waals surface area (Å²) in [6.45, 7) is 6.86. The summed E-state index contributed by atoms with van der Waals surface area (Å²) >= 11 is 0. The molecule has 20 heavy (non-hydrogen) atoms. The molecule has 3 amide bonds. The molecule has 1 rings (SSSR count). The second-order valence-electron chi connectivity index (χ2n) is 5.53. The van der Waals surface area contributed by atoms with E-state index in [9.17, 15) is 9.59 Å². The van der Waals surface area contributed by atoms with E-state index in [0.29, 0.717) is 5.69 Å². The van der Waals surface area contributed by atoms with Crippen LogP contribution in [-0.4, -0.2) is 22.6 Å². The third-order valence-electron chi connectivity index (χ3n) is 2.63. The van der Waals surface area contributed by atoms with Gasteiger partial charge in [-0.3, -0.25) is 0 Å². The van der Waals surface area contributed by atoms with Crippen molar-refractivity contribution in [3.8, 4) is 0 Å². The van der Waals surface area contributed by atoms with Crippen LogP contribution in [0.1, 0.15) is 39.3 Å². The maximum absolute atomic E-state index is 12.1. The molecule has 1 unspecified atom stereocenters. The van der Waals surface area contributed by atoms with Gasteiger partial charge in [-0.2, -0.15) is 0 Å². The number of imide groups is 1. The molecule has 0 aliphatic carbocycles. The van der Waals surface area contributed by atoms with Crippen molar-refractivity contribution in [2.24, 2.45) is 5.73 Å². The second kappa shape index (κ2) is 5.81. The molecule has 0 saturated carbocycles. The molecule has 0 bridgehead atoms. The molecule has 0 aliphatic heterocycles. The van der Waals surface area contributed by atoms with E-state index in [0.717, 1.165) is 10.5 Å². The van der Waals surface area contributed by atoms with Crippen molar-refractivity contribution >= 4 is 17.8 Å². The van der Waals surface area contributed by atoms with Gasteiger partial charge < -0.3 is 16.2 Å². The van der Waals surface area contributed by atoms with Gasteiger partial charge >= 0.3 is 12.1 Å². The highest BCUT2D eigenvalue weighted by molar-refractivity contribution is 5.90. The topological polar surface area (TPSA) is 98.6 Å². The monoisotopic (exact) mass is 279 g/mol. The molecule has 0 fully saturated rings. The van der Waals surface area contributed by atoms with E-state index < -0.39 is 23.8 Å². The van der Waals surface area contributed by atoms with Crippen molar-refractivity contribution in [2.75, 3.05) is 5.73 Å². The van der Waals surface area contributed by atoms with E-state index in [-0.39, 0.29) is 0 Å². The first-order valence-electron chi connectivity index (χ1n) is 6.29. The van der Waals surface area contributed by atoms with E-state index in [1.165, 1.54) is 0 Å². The summed E-state index contributed by atoms with van der Waals surface area (Å²) < 4.78 is 5.19. The number of hydrogen-bond acceptors (Lipinski definition) is 4. The van der Waals surface area contributed by atoms with Crippen molar-refractivity contribution < 1.29 is 14.3 Å². The Hall–Kier alpha value is -2.24. The summed E-state index contributed by atoms with van der Waals surface area (Å²) in [5.41, 5.74) is 11.5. The predicted octanol–water partition coefficient (Wildman–Crippen LogP) is 2.65. The number of anilines is 1. The molecule has 0 saturated heterocycles. The predicted molar refractivity (Wildman–Crippen MR) is 76.9 cm³/mol. The standard InChI is InChI=1S/C14H21N3O3/c1-9(10-5-7-11(15)8-6-10)17(12(16)18)13(19)20-14(2,3)4/h5-9H,15H2,1-4H3,(H2,16,18). The van der Waals surface area contributed by atoms with Gasteiger partial charge in [-0.15, -0.1) is 0 Å². The zero-order chi connectivity index (χ0) is 15.5. The summed E-state index contributed by atoms with van der Waals surface area (Å²) in [7, 11) is 0. The molecule has 0 spiro atoms. The van der Waals surface area contributed by atoms with Crippen molar-refractivity contribution in [3.05, 3.63) is 29.8 Å². The molecule has 1 atom stereocenters. The summed E-state index contributed by atoms with van der Waals surface area (Å²) in [5.74, 6) is 0. The number of hydrogen-bond donors (Lipinski definition) is 2. The molecule has 4 N–H and O–H groups in total. The highest BCUT2D eigenvalue weighted by atomic mass is 16.6. The van der Waals surface area contributed by atoms with E-state index >= 15 is 0 Å². The maximum atomic E-state index is 12.1. The van der Waals surface area contributed by atoms with Gasteiger partial charge in [-0.25, -0.2) is 14.5 Å². The van der Waals surface area contributed by atoms with Gasteiger partial charge in [0.15, 0.2) is 0 Å².